The number of rotatable bonds is 10. The summed E-state index contributed by atoms with van der Waals surface area (Å²) in [4.78, 5) is 26.8. The molecule has 0 saturated carbocycles. The maximum absolute atomic E-state index is 13.2. The topological polar surface area (TPSA) is 90.8 Å². The molecule has 0 amide bonds. The van der Waals surface area contributed by atoms with Gasteiger partial charge < -0.3 is 25.0 Å². The monoisotopic (exact) mass is 473 g/mol. The predicted octanol–water partition coefficient (Wildman–Crippen LogP) is 3.49. The predicted molar refractivity (Wildman–Crippen MR) is 134 cm³/mol. The molecule has 34 heavy (non-hydrogen) atoms. The van der Waals surface area contributed by atoms with Gasteiger partial charge in [0.05, 0.1) is 30.1 Å². The normalized spacial score (nSPS) is 23.6. The zero-order chi connectivity index (χ0) is 24.0. The van der Waals surface area contributed by atoms with Crippen LogP contribution < -0.4 is 15.1 Å². The van der Waals surface area contributed by atoms with E-state index in [0.29, 0.717) is 5.95 Å². The average Bonchev–Trinajstić information content (AvgIpc) is 2.87. The van der Waals surface area contributed by atoms with Crippen LogP contribution in [0.15, 0.2) is 12.4 Å². The van der Waals surface area contributed by atoms with E-state index in [4.69, 9.17) is 4.74 Å². The second-order valence-corrected chi connectivity index (χ2v) is 10.4. The highest BCUT2D eigenvalue weighted by molar-refractivity contribution is 5.73. The van der Waals surface area contributed by atoms with E-state index in [1.54, 1.807) is 0 Å². The number of nitrogens with zero attached hydrogens (tertiary/aromatic N) is 4. The van der Waals surface area contributed by atoms with Gasteiger partial charge in [-0.15, -0.1) is 0 Å². The van der Waals surface area contributed by atoms with Crippen LogP contribution in [-0.2, 0) is 9.53 Å². The SMILES string of the molecule is CCCCCCC(CC)C(=O)OC1N(c2ncc(N3CCC(O)CC3)cn2)CC12CCNCC2. The molecule has 2 N–H and O–H groups in total. The summed E-state index contributed by atoms with van der Waals surface area (Å²) in [6.45, 7) is 8.68. The highest BCUT2D eigenvalue weighted by atomic mass is 16.6. The van der Waals surface area contributed by atoms with Gasteiger partial charge in [-0.2, -0.15) is 0 Å². The van der Waals surface area contributed by atoms with Crippen LogP contribution in [0.2, 0.25) is 0 Å². The van der Waals surface area contributed by atoms with Crippen LogP contribution in [0.25, 0.3) is 0 Å². The number of aromatic nitrogens is 2. The van der Waals surface area contributed by atoms with E-state index in [1.165, 1.54) is 19.3 Å². The largest absolute Gasteiger partial charge is 0.441 e. The third kappa shape index (κ3) is 5.65. The first-order valence-corrected chi connectivity index (χ1v) is 13.5. The molecule has 4 heterocycles. The summed E-state index contributed by atoms with van der Waals surface area (Å²) in [6.07, 6.45) is 13.2. The summed E-state index contributed by atoms with van der Waals surface area (Å²) in [6, 6.07) is 0. The molecular weight excluding hydrogens is 430 g/mol. The van der Waals surface area contributed by atoms with Crippen LogP contribution in [0.5, 0.6) is 0 Å². The van der Waals surface area contributed by atoms with Gasteiger partial charge in [0.1, 0.15) is 0 Å². The molecule has 3 aliphatic rings. The van der Waals surface area contributed by atoms with Gasteiger partial charge in [-0.3, -0.25) is 4.79 Å². The van der Waals surface area contributed by atoms with Crippen molar-refractivity contribution in [2.24, 2.45) is 11.3 Å². The quantitative estimate of drug-likeness (QED) is 0.394. The van der Waals surface area contributed by atoms with Crippen molar-refractivity contribution in [3.8, 4) is 0 Å². The van der Waals surface area contributed by atoms with E-state index in [1.807, 2.05) is 12.4 Å². The number of carbonyl (C=O) groups is 1. The molecular formula is C26H43N5O3. The number of hydrogen-bond acceptors (Lipinski definition) is 8. The molecule has 1 aromatic rings. The van der Waals surface area contributed by atoms with Gasteiger partial charge in [0.25, 0.3) is 0 Å². The van der Waals surface area contributed by atoms with Crippen LogP contribution in [0, 0.1) is 11.3 Å². The summed E-state index contributed by atoms with van der Waals surface area (Å²) < 4.78 is 6.26. The van der Waals surface area contributed by atoms with Crippen LogP contribution in [0.4, 0.5) is 11.6 Å². The molecule has 190 valence electrons. The van der Waals surface area contributed by atoms with Crippen molar-refractivity contribution in [1.29, 1.82) is 0 Å². The molecule has 1 spiro atoms. The molecule has 4 rings (SSSR count). The summed E-state index contributed by atoms with van der Waals surface area (Å²) in [5, 5.41) is 13.2. The van der Waals surface area contributed by atoms with Crippen LogP contribution in [0.3, 0.4) is 0 Å². The number of anilines is 2. The second-order valence-electron chi connectivity index (χ2n) is 10.4. The maximum atomic E-state index is 13.2. The molecule has 0 radical (unpaired) electrons. The summed E-state index contributed by atoms with van der Waals surface area (Å²) in [5.74, 6) is 0.546. The molecule has 3 fully saturated rings. The standard InChI is InChI=1S/C26H43N5O3/c1-3-5-6-7-8-20(4-2)23(33)34-24-26(11-13-27-14-12-26)19-31(24)25-28-17-21(18-29-25)30-15-9-22(32)10-16-30/h17-18,20,22,24,27,32H,3-16,19H2,1-2H3. The van der Waals surface area contributed by atoms with Gasteiger partial charge in [-0.25, -0.2) is 9.97 Å². The van der Waals surface area contributed by atoms with Crippen molar-refractivity contribution in [2.75, 3.05) is 42.5 Å². The summed E-state index contributed by atoms with van der Waals surface area (Å²) >= 11 is 0. The van der Waals surface area contributed by atoms with Crippen molar-refractivity contribution >= 4 is 17.6 Å². The Balaban J connectivity index is 1.42. The van der Waals surface area contributed by atoms with Crippen molar-refractivity contribution < 1.29 is 14.6 Å². The third-order valence-corrected chi connectivity index (χ3v) is 8.06. The molecule has 2 unspecified atom stereocenters. The summed E-state index contributed by atoms with van der Waals surface area (Å²) in [5.41, 5.74) is 0.978. The lowest BCUT2D eigenvalue weighted by molar-refractivity contribution is -0.173. The lowest BCUT2D eigenvalue weighted by Gasteiger charge is -2.57. The Bertz CT molecular complexity index is 775. The fraction of sp³-hybridized carbons (Fsp3) is 0.808. The molecule has 1 aromatic heterocycles. The third-order valence-electron chi connectivity index (χ3n) is 8.06. The fourth-order valence-corrected chi connectivity index (χ4v) is 5.67. The highest BCUT2D eigenvalue weighted by Crippen LogP contribution is 2.47. The number of nitrogens with one attached hydrogen (secondary N) is 1. The zero-order valence-corrected chi connectivity index (χ0v) is 21.0. The Hall–Kier alpha value is -1.93. The van der Waals surface area contributed by atoms with E-state index in [0.717, 1.165) is 83.4 Å². The lowest BCUT2D eigenvalue weighted by atomic mass is 9.70. The highest BCUT2D eigenvalue weighted by Gasteiger charge is 2.56. The minimum atomic E-state index is -0.289. The number of carbonyl (C=O) groups excluding carboxylic acids is 1. The van der Waals surface area contributed by atoms with E-state index in [2.05, 4.69) is 38.9 Å². The molecule has 8 nitrogen and oxygen atoms in total. The van der Waals surface area contributed by atoms with Gasteiger partial charge in [-0.1, -0.05) is 39.5 Å². The molecule has 0 bridgehead atoms. The van der Waals surface area contributed by atoms with Crippen molar-refractivity contribution in [1.82, 2.24) is 15.3 Å². The van der Waals surface area contributed by atoms with Crippen molar-refractivity contribution in [3.05, 3.63) is 12.4 Å². The Labute approximate surface area is 204 Å². The van der Waals surface area contributed by atoms with Gasteiger partial charge >= 0.3 is 5.97 Å². The van der Waals surface area contributed by atoms with Crippen molar-refractivity contribution in [3.63, 3.8) is 0 Å². The Morgan fingerprint density at radius 2 is 1.88 bits per heavy atom. The zero-order valence-electron chi connectivity index (χ0n) is 21.0. The number of aliphatic hydroxyl groups is 1. The number of hydrogen-bond donors (Lipinski definition) is 2. The Kier molecular flexibility index (Phi) is 8.64. The minimum absolute atomic E-state index is 0.00749. The fourth-order valence-electron chi connectivity index (χ4n) is 5.67. The van der Waals surface area contributed by atoms with Gasteiger partial charge in [0.2, 0.25) is 5.95 Å². The second kappa shape index (κ2) is 11.7. The van der Waals surface area contributed by atoms with Gasteiger partial charge in [-0.05, 0) is 51.6 Å². The molecule has 2 atom stereocenters. The number of unbranched alkanes of at least 4 members (excludes halogenated alkanes) is 3. The first-order valence-electron chi connectivity index (χ1n) is 13.5. The average molecular weight is 474 g/mol. The van der Waals surface area contributed by atoms with Crippen LogP contribution in [-0.4, -0.2) is 66.1 Å². The van der Waals surface area contributed by atoms with E-state index >= 15 is 0 Å². The van der Waals surface area contributed by atoms with Gasteiger partial charge in [0, 0.05) is 25.0 Å². The first kappa shape index (κ1) is 25.2. The van der Waals surface area contributed by atoms with E-state index in [9.17, 15) is 9.90 Å². The smallest absolute Gasteiger partial charge is 0.310 e. The van der Waals surface area contributed by atoms with E-state index < -0.39 is 0 Å². The Morgan fingerprint density at radius 3 is 2.53 bits per heavy atom. The number of aliphatic hydroxyl groups excluding tert-OH is 1. The number of piperidine rings is 2. The summed E-state index contributed by atoms with van der Waals surface area (Å²) in [7, 11) is 0. The van der Waals surface area contributed by atoms with Crippen LogP contribution in [0.1, 0.15) is 78.1 Å². The van der Waals surface area contributed by atoms with Crippen molar-refractivity contribution in [2.45, 2.75) is 90.4 Å². The molecule has 0 aliphatic carbocycles. The molecule has 0 aromatic carbocycles. The molecule has 3 saturated heterocycles. The first-order chi connectivity index (χ1) is 16.6. The number of ether oxygens (including phenoxy) is 1. The number of esters is 1. The molecule has 8 heteroatoms. The van der Waals surface area contributed by atoms with Crippen LogP contribution >= 0.6 is 0 Å². The maximum Gasteiger partial charge on any atom is 0.310 e. The van der Waals surface area contributed by atoms with E-state index in [-0.39, 0.29) is 29.6 Å². The lowest BCUT2D eigenvalue weighted by Crippen LogP contribution is -2.69. The minimum Gasteiger partial charge on any atom is -0.441 e. The molecule has 3 aliphatic heterocycles. The van der Waals surface area contributed by atoms with Gasteiger partial charge in [0.15, 0.2) is 6.23 Å². The Morgan fingerprint density at radius 1 is 1.18 bits per heavy atom.